The third-order valence-electron chi connectivity index (χ3n) is 3.82. The van der Waals surface area contributed by atoms with E-state index in [9.17, 15) is 14.7 Å². The number of thiophene rings is 1. The van der Waals surface area contributed by atoms with Crippen molar-refractivity contribution in [3.05, 3.63) is 58.6 Å². The fraction of sp³-hybridized carbons (Fsp3) is 0.222. The number of benzene rings is 1. The van der Waals surface area contributed by atoms with Gasteiger partial charge in [-0.2, -0.15) is 16.3 Å². The van der Waals surface area contributed by atoms with Crippen molar-refractivity contribution in [1.82, 2.24) is 20.8 Å². The summed E-state index contributed by atoms with van der Waals surface area (Å²) in [6.07, 6.45) is 0.835. The quantitative estimate of drug-likeness (QED) is 0.548. The van der Waals surface area contributed by atoms with Crippen molar-refractivity contribution in [3.8, 4) is 11.4 Å². The minimum Gasteiger partial charge on any atom is -0.480 e. The number of aromatic nitrogens is 2. The molecular weight excluding hydrogens is 368 g/mol. The maximum atomic E-state index is 12.0. The van der Waals surface area contributed by atoms with E-state index in [2.05, 4.69) is 20.8 Å². The lowest BCUT2D eigenvalue weighted by atomic mass is 10.1. The molecule has 27 heavy (non-hydrogen) atoms. The molecule has 0 bridgehead atoms. The Kier molecular flexibility index (Phi) is 6.16. The monoisotopic (exact) mass is 386 g/mol. The van der Waals surface area contributed by atoms with Crippen LogP contribution in [-0.2, 0) is 17.8 Å². The molecule has 1 atom stereocenters. The summed E-state index contributed by atoms with van der Waals surface area (Å²) in [6, 6.07) is 9.77. The van der Waals surface area contributed by atoms with E-state index in [4.69, 9.17) is 4.52 Å². The summed E-state index contributed by atoms with van der Waals surface area (Å²) in [4.78, 5) is 27.6. The van der Waals surface area contributed by atoms with Crippen molar-refractivity contribution in [2.24, 2.45) is 0 Å². The number of carboxylic acid groups (broad SMARTS) is 1. The zero-order valence-corrected chi connectivity index (χ0v) is 15.1. The smallest absolute Gasteiger partial charge is 0.326 e. The molecular formula is C18H18N4O4S. The molecule has 0 fully saturated rings. The molecule has 2 amide bonds. The summed E-state index contributed by atoms with van der Waals surface area (Å²) in [5.74, 6) is -0.402. The summed E-state index contributed by atoms with van der Waals surface area (Å²) >= 11 is 1.52. The van der Waals surface area contributed by atoms with Crippen molar-refractivity contribution in [1.29, 1.82) is 0 Å². The highest BCUT2D eigenvalue weighted by molar-refractivity contribution is 7.08. The maximum Gasteiger partial charge on any atom is 0.326 e. The van der Waals surface area contributed by atoms with E-state index in [0.717, 1.165) is 11.1 Å². The van der Waals surface area contributed by atoms with Crippen LogP contribution < -0.4 is 10.6 Å². The second-order valence-electron chi connectivity index (χ2n) is 5.77. The van der Waals surface area contributed by atoms with Crippen molar-refractivity contribution in [3.63, 3.8) is 0 Å². The average molecular weight is 386 g/mol. The van der Waals surface area contributed by atoms with E-state index >= 15 is 0 Å². The van der Waals surface area contributed by atoms with Crippen LogP contribution in [0, 0.1) is 0 Å². The third-order valence-corrected chi connectivity index (χ3v) is 4.50. The number of nitrogens with one attached hydrogen (secondary N) is 2. The van der Waals surface area contributed by atoms with Gasteiger partial charge in [0.1, 0.15) is 6.04 Å². The number of carbonyl (C=O) groups is 2. The SMILES string of the molecule is O=C(NCc1nc(-c2ccsc2)no1)N[C@H](CCc1ccccc1)C(=O)O. The first kappa shape index (κ1) is 18.6. The summed E-state index contributed by atoms with van der Waals surface area (Å²) < 4.78 is 5.08. The van der Waals surface area contributed by atoms with Gasteiger partial charge in [0.2, 0.25) is 11.7 Å². The zero-order valence-electron chi connectivity index (χ0n) is 14.3. The van der Waals surface area contributed by atoms with Crippen LogP contribution in [0.4, 0.5) is 4.79 Å². The Labute approximate surface area is 159 Å². The van der Waals surface area contributed by atoms with Gasteiger partial charge in [0, 0.05) is 10.9 Å². The second kappa shape index (κ2) is 8.95. The topological polar surface area (TPSA) is 117 Å². The Bertz CT molecular complexity index is 880. The van der Waals surface area contributed by atoms with Crippen LogP contribution in [0.5, 0.6) is 0 Å². The predicted molar refractivity (Wildman–Crippen MR) is 99.2 cm³/mol. The van der Waals surface area contributed by atoms with Gasteiger partial charge >= 0.3 is 12.0 Å². The molecule has 140 valence electrons. The number of nitrogens with zero attached hydrogens (tertiary/aromatic N) is 2. The van der Waals surface area contributed by atoms with Gasteiger partial charge in [-0.3, -0.25) is 0 Å². The molecule has 3 rings (SSSR count). The van der Waals surface area contributed by atoms with Crippen molar-refractivity contribution in [2.75, 3.05) is 0 Å². The van der Waals surface area contributed by atoms with Crippen LogP contribution in [0.15, 0.2) is 51.7 Å². The predicted octanol–water partition coefficient (Wildman–Crippen LogP) is 2.68. The fourth-order valence-corrected chi connectivity index (χ4v) is 3.05. The Balaban J connectivity index is 1.48. The van der Waals surface area contributed by atoms with Crippen LogP contribution in [0.1, 0.15) is 17.9 Å². The normalized spacial score (nSPS) is 11.7. The summed E-state index contributed by atoms with van der Waals surface area (Å²) in [7, 11) is 0. The highest BCUT2D eigenvalue weighted by Crippen LogP contribution is 2.18. The fourth-order valence-electron chi connectivity index (χ4n) is 2.41. The summed E-state index contributed by atoms with van der Waals surface area (Å²) in [5.41, 5.74) is 1.85. The van der Waals surface area contributed by atoms with E-state index in [-0.39, 0.29) is 18.9 Å². The number of urea groups is 1. The first-order valence-corrected chi connectivity index (χ1v) is 9.22. The Morgan fingerprint density at radius 1 is 1.22 bits per heavy atom. The first-order valence-electron chi connectivity index (χ1n) is 8.28. The minimum atomic E-state index is -1.08. The zero-order chi connectivity index (χ0) is 19.1. The second-order valence-corrected chi connectivity index (χ2v) is 6.55. The molecule has 0 aliphatic carbocycles. The molecule has 8 nitrogen and oxygen atoms in total. The third kappa shape index (κ3) is 5.38. The van der Waals surface area contributed by atoms with Gasteiger partial charge in [0.25, 0.3) is 0 Å². The van der Waals surface area contributed by atoms with E-state index < -0.39 is 18.0 Å². The van der Waals surface area contributed by atoms with Gasteiger partial charge in [-0.15, -0.1) is 0 Å². The maximum absolute atomic E-state index is 12.0. The lowest BCUT2D eigenvalue weighted by Gasteiger charge is -2.14. The average Bonchev–Trinajstić information content (AvgIpc) is 3.35. The molecule has 0 spiro atoms. The van der Waals surface area contributed by atoms with Crippen LogP contribution in [0.2, 0.25) is 0 Å². The van der Waals surface area contributed by atoms with E-state index in [0.29, 0.717) is 12.2 Å². The molecule has 9 heteroatoms. The number of carbonyl (C=O) groups excluding carboxylic acids is 1. The van der Waals surface area contributed by atoms with Crippen molar-refractivity contribution >= 4 is 23.3 Å². The van der Waals surface area contributed by atoms with Crippen LogP contribution in [0.25, 0.3) is 11.4 Å². The molecule has 0 saturated carbocycles. The lowest BCUT2D eigenvalue weighted by Crippen LogP contribution is -2.46. The highest BCUT2D eigenvalue weighted by Gasteiger charge is 2.20. The van der Waals surface area contributed by atoms with Crippen LogP contribution in [-0.4, -0.2) is 33.3 Å². The van der Waals surface area contributed by atoms with E-state index in [1.54, 1.807) is 0 Å². The molecule has 1 aromatic carbocycles. The Morgan fingerprint density at radius 3 is 2.74 bits per heavy atom. The number of rotatable bonds is 8. The molecule has 3 N–H and O–H groups in total. The van der Waals surface area contributed by atoms with Crippen LogP contribution >= 0.6 is 11.3 Å². The van der Waals surface area contributed by atoms with Gasteiger partial charge < -0.3 is 20.3 Å². The number of aryl methyl sites for hydroxylation is 1. The van der Waals surface area contributed by atoms with E-state index in [1.165, 1.54) is 11.3 Å². The summed E-state index contributed by atoms with van der Waals surface area (Å²) in [6.45, 7) is 0.00793. The van der Waals surface area contributed by atoms with Crippen molar-refractivity contribution < 1.29 is 19.2 Å². The Morgan fingerprint density at radius 2 is 2.04 bits per heavy atom. The first-order chi connectivity index (χ1) is 13.1. The largest absolute Gasteiger partial charge is 0.480 e. The molecule has 2 heterocycles. The number of hydrogen-bond acceptors (Lipinski definition) is 6. The lowest BCUT2D eigenvalue weighted by molar-refractivity contribution is -0.139. The molecule has 0 aliphatic rings. The number of carboxylic acids is 1. The van der Waals surface area contributed by atoms with Gasteiger partial charge in [-0.1, -0.05) is 35.5 Å². The summed E-state index contributed by atoms with van der Waals surface area (Å²) in [5, 5.41) is 21.9. The number of amides is 2. The van der Waals surface area contributed by atoms with Crippen LogP contribution in [0.3, 0.4) is 0 Å². The van der Waals surface area contributed by atoms with Gasteiger partial charge in [0.05, 0.1) is 6.54 Å². The molecule has 0 saturated heterocycles. The van der Waals surface area contributed by atoms with E-state index in [1.807, 2.05) is 47.2 Å². The standard InChI is InChI=1S/C18H18N4O4S/c23-17(24)14(7-6-12-4-2-1-3-5-12)20-18(25)19-10-15-21-16(22-26-15)13-8-9-27-11-13/h1-5,8-9,11,14H,6-7,10H2,(H,23,24)(H2,19,20,25)/t14-/m1/s1. The molecule has 2 aromatic heterocycles. The number of hydrogen-bond donors (Lipinski definition) is 3. The van der Waals surface area contributed by atoms with Gasteiger partial charge in [0.15, 0.2) is 0 Å². The van der Waals surface area contributed by atoms with Crippen molar-refractivity contribution in [2.45, 2.75) is 25.4 Å². The number of aliphatic carboxylic acids is 1. The minimum absolute atomic E-state index is 0.00793. The molecule has 0 radical (unpaired) electrons. The Hall–Kier alpha value is -3.20. The highest BCUT2D eigenvalue weighted by atomic mass is 32.1. The van der Waals surface area contributed by atoms with Gasteiger partial charge in [-0.25, -0.2) is 9.59 Å². The molecule has 0 unspecified atom stereocenters. The molecule has 3 aromatic rings. The molecule has 0 aliphatic heterocycles. The van der Waals surface area contributed by atoms with Gasteiger partial charge in [-0.05, 0) is 29.9 Å².